The lowest BCUT2D eigenvalue weighted by Gasteiger charge is -2.10. The first-order valence-corrected chi connectivity index (χ1v) is 5.84. The van der Waals surface area contributed by atoms with Crippen molar-refractivity contribution in [2.75, 3.05) is 11.9 Å². The van der Waals surface area contributed by atoms with Gasteiger partial charge in [-0.25, -0.2) is 0 Å². The van der Waals surface area contributed by atoms with Gasteiger partial charge in [0.15, 0.2) is 5.96 Å². The zero-order valence-corrected chi connectivity index (χ0v) is 13.4. The Morgan fingerprint density at radius 2 is 2.06 bits per heavy atom. The second-order valence-corrected chi connectivity index (χ2v) is 4.48. The van der Waals surface area contributed by atoms with Gasteiger partial charge in [-0.1, -0.05) is 26.0 Å². The molecule has 18 heavy (non-hydrogen) atoms. The highest BCUT2D eigenvalue weighted by atomic mass is 127. The Kier molecular flexibility index (Phi) is 7.93. The summed E-state index contributed by atoms with van der Waals surface area (Å²) < 4.78 is 0. The van der Waals surface area contributed by atoms with Crippen LogP contribution in [-0.4, -0.2) is 23.7 Å². The summed E-state index contributed by atoms with van der Waals surface area (Å²) in [6.45, 7) is 6.27. The van der Waals surface area contributed by atoms with Gasteiger partial charge in [-0.2, -0.15) is 0 Å². The number of hydrogen-bond donors (Lipinski definition) is 3. The summed E-state index contributed by atoms with van der Waals surface area (Å²) in [6, 6.07) is 8.06. The SMILES string of the molecule is CC(O)CN=C(N)Nc1cccc(C(C)C)c1.I. The molecule has 0 aromatic heterocycles. The number of hydrogen-bond acceptors (Lipinski definition) is 2. The van der Waals surface area contributed by atoms with E-state index in [1.54, 1.807) is 6.92 Å². The maximum Gasteiger partial charge on any atom is 0.193 e. The van der Waals surface area contributed by atoms with E-state index >= 15 is 0 Å². The first-order chi connectivity index (χ1) is 7.99. The van der Waals surface area contributed by atoms with Crippen molar-refractivity contribution in [3.8, 4) is 0 Å². The standard InChI is InChI=1S/C13H21N3O.HI/c1-9(2)11-5-4-6-12(7-11)16-13(14)15-8-10(3)17;/h4-7,9-10,17H,8H2,1-3H3,(H3,14,15,16);1H. The van der Waals surface area contributed by atoms with E-state index in [0.717, 1.165) is 5.69 Å². The molecule has 4 nitrogen and oxygen atoms in total. The Labute approximate surface area is 126 Å². The molecule has 0 aliphatic carbocycles. The van der Waals surface area contributed by atoms with Crippen molar-refractivity contribution in [2.45, 2.75) is 32.8 Å². The lowest BCUT2D eigenvalue weighted by atomic mass is 10.0. The lowest BCUT2D eigenvalue weighted by Crippen LogP contribution is -2.24. The third-order valence-corrected chi connectivity index (χ3v) is 2.35. The van der Waals surface area contributed by atoms with E-state index in [2.05, 4.69) is 36.3 Å². The summed E-state index contributed by atoms with van der Waals surface area (Å²) in [5.41, 5.74) is 7.88. The number of benzene rings is 1. The minimum absolute atomic E-state index is 0. The van der Waals surface area contributed by atoms with E-state index in [4.69, 9.17) is 10.8 Å². The van der Waals surface area contributed by atoms with Crippen LogP contribution in [0.4, 0.5) is 5.69 Å². The molecule has 0 heterocycles. The fraction of sp³-hybridized carbons (Fsp3) is 0.462. The first kappa shape index (κ1) is 17.2. The summed E-state index contributed by atoms with van der Waals surface area (Å²) in [6.07, 6.45) is -0.475. The number of nitrogens with one attached hydrogen (secondary N) is 1. The van der Waals surface area contributed by atoms with Gasteiger partial charge in [-0.05, 0) is 30.5 Å². The van der Waals surface area contributed by atoms with E-state index in [-0.39, 0.29) is 24.0 Å². The van der Waals surface area contributed by atoms with E-state index in [1.165, 1.54) is 5.56 Å². The fourth-order valence-electron chi connectivity index (χ4n) is 1.39. The van der Waals surface area contributed by atoms with Gasteiger partial charge in [0, 0.05) is 5.69 Å². The highest BCUT2D eigenvalue weighted by Gasteiger charge is 2.01. The molecule has 0 spiro atoms. The number of halogens is 1. The van der Waals surface area contributed by atoms with Crippen LogP contribution in [0.5, 0.6) is 0 Å². The molecule has 5 heteroatoms. The monoisotopic (exact) mass is 363 g/mol. The number of anilines is 1. The molecule has 1 aromatic carbocycles. The predicted octanol–water partition coefficient (Wildman–Crippen LogP) is 2.54. The van der Waals surface area contributed by atoms with Gasteiger partial charge in [-0.15, -0.1) is 24.0 Å². The minimum Gasteiger partial charge on any atom is -0.391 e. The number of nitrogens with two attached hydrogens (primary N) is 1. The average molecular weight is 363 g/mol. The van der Waals surface area contributed by atoms with Crippen LogP contribution in [-0.2, 0) is 0 Å². The van der Waals surface area contributed by atoms with Crippen LogP contribution >= 0.6 is 24.0 Å². The third kappa shape index (κ3) is 6.20. The van der Waals surface area contributed by atoms with Crippen molar-refractivity contribution in [3.63, 3.8) is 0 Å². The van der Waals surface area contributed by atoms with Crippen molar-refractivity contribution in [3.05, 3.63) is 29.8 Å². The zero-order valence-electron chi connectivity index (χ0n) is 11.1. The van der Waals surface area contributed by atoms with E-state index in [0.29, 0.717) is 18.4 Å². The van der Waals surface area contributed by atoms with Crippen LogP contribution in [0, 0.1) is 0 Å². The highest BCUT2D eigenvalue weighted by molar-refractivity contribution is 14.0. The van der Waals surface area contributed by atoms with Crippen molar-refractivity contribution in [1.82, 2.24) is 0 Å². The van der Waals surface area contributed by atoms with Gasteiger partial charge in [0.05, 0.1) is 12.6 Å². The summed E-state index contributed by atoms with van der Waals surface area (Å²) in [5.74, 6) is 0.805. The van der Waals surface area contributed by atoms with Gasteiger partial charge in [0.25, 0.3) is 0 Å². The Morgan fingerprint density at radius 3 is 2.61 bits per heavy atom. The Morgan fingerprint density at radius 1 is 1.39 bits per heavy atom. The number of rotatable bonds is 4. The van der Waals surface area contributed by atoms with Crippen molar-refractivity contribution in [2.24, 2.45) is 10.7 Å². The molecular weight excluding hydrogens is 341 g/mol. The average Bonchev–Trinajstić information content (AvgIpc) is 2.26. The molecule has 1 atom stereocenters. The van der Waals surface area contributed by atoms with Gasteiger partial charge >= 0.3 is 0 Å². The van der Waals surface area contributed by atoms with Crippen LogP contribution in [0.1, 0.15) is 32.3 Å². The van der Waals surface area contributed by atoms with Gasteiger partial charge in [-0.3, -0.25) is 4.99 Å². The Hall–Kier alpha value is -0.820. The molecular formula is C13H22IN3O. The molecule has 1 rings (SSSR count). The van der Waals surface area contributed by atoms with E-state index in [1.807, 2.05) is 12.1 Å². The lowest BCUT2D eigenvalue weighted by molar-refractivity contribution is 0.204. The first-order valence-electron chi connectivity index (χ1n) is 5.84. The predicted molar refractivity (Wildman–Crippen MR) is 87.7 cm³/mol. The topological polar surface area (TPSA) is 70.6 Å². The zero-order chi connectivity index (χ0) is 12.8. The van der Waals surface area contributed by atoms with Crippen molar-refractivity contribution in [1.29, 1.82) is 0 Å². The third-order valence-electron chi connectivity index (χ3n) is 2.35. The summed E-state index contributed by atoms with van der Waals surface area (Å²) in [4.78, 5) is 4.03. The van der Waals surface area contributed by atoms with Crippen LogP contribution in [0.3, 0.4) is 0 Å². The Bertz CT molecular complexity index is 392. The number of aliphatic hydroxyl groups excluding tert-OH is 1. The van der Waals surface area contributed by atoms with E-state index < -0.39 is 6.10 Å². The molecule has 0 saturated carbocycles. The van der Waals surface area contributed by atoms with Crippen LogP contribution in [0.2, 0.25) is 0 Å². The molecule has 0 radical (unpaired) electrons. The molecule has 0 fully saturated rings. The number of aliphatic hydroxyl groups is 1. The quantitative estimate of drug-likeness (QED) is 0.437. The normalized spacial score (nSPS) is 13.1. The highest BCUT2D eigenvalue weighted by Crippen LogP contribution is 2.18. The number of guanidine groups is 1. The molecule has 1 unspecified atom stereocenters. The number of nitrogens with zero attached hydrogens (tertiary/aromatic N) is 1. The van der Waals surface area contributed by atoms with Gasteiger partial charge < -0.3 is 16.2 Å². The fourth-order valence-corrected chi connectivity index (χ4v) is 1.39. The molecule has 0 bridgehead atoms. The molecule has 0 aliphatic rings. The molecule has 0 amide bonds. The van der Waals surface area contributed by atoms with Crippen LogP contribution in [0.15, 0.2) is 29.3 Å². The number of aliphatic imine (C=N–C) groups is 1. The van der Waals surface area contributed by atoms with Crippen molar-refractivity contribution < 1.29 is 5.11 Å². The summed E-state index contributed by atoms with van der Waals surface area (Å²) >= 11 is 0. The second-order valence-electron chi connectivity index (χ2n) is 4.48. The van der Waals surface area contributed by atoms with Crippen LogP contribution < -0.4 is 11.1 Å². The maximum atomic E-state index is 9.09. The van der Waals surface area contributed by atoms with Gasteiger partial charge in [0.1, 0.15) is 0 Å². The smallest absolute Gasteiger partial charge is 0.193 e. The summed E-state index contributed by atoms with van der Waals surface area (Å²) in [7, 11) is 0. The van der Waals surface area contributed by atoms with Gasteiger partial charge in [0.2, 0.25) is 0 Å². The molecule has 1 aromatic rings. The largest absolute Gasteiger partial charge is 0.391 e. The second kappa shape index (κ2) is 8.31. The molecule has 0 saturated heterocycles. The van der Waals surface area contributed by atoms with Crippen molar-refractivity contribution >= 4 is 35.6 Å². The maximum absolute atomic E-state index is 9.09. The van der Waals surface area contributed by atoms with E-state index in [9.17, 15) is 0 Å². The Balaban J connectivity index is 0.00000289. The molecule has 0 aliphatic heterocycles. The van der Waals surface area contributed by atoms with Crippen LogP contribution in [0.25, 0.3) is 0 Å². The summed E-state index contributed by atoms with van der Waals surface area (Å²) in [5, 5.41) is 12.1. The molecule has 4 N–H and O–H groups in total. The molecule has 102 valence electrons. The minimum atomic E-state index is -0.475.